The van der Waals surface area contributed by atoms with Gasteiger partial charge in [0, 0.05) is 13.0 Å². The fourth-order valence-corrected chi connectivity index (χ4v) is 2.33. The molecule has 0 spiro atoms. The summed E-state index contributed by atoms with van der Waals surface area (Å²) >= 11 is 9.27. The van der Waals surface area contributed by atoms with E-state index in [4.69, 9.17) is 11.6 Å². The average molecular weight is 332 g/mol. The van der Waals surface area contributed by atoms with E-state index in [2.05, 4.69) is 26.6 Å². The van der Waals surface area contributed by atoms with Crippen LogP contribution in [0.1, 0.15) is 12.8 Å². The number of carbonyl (C=O) groups excluding carboxylic acids is 2. The Bertz CT molecular complexity index is 483. The highest BCUT2D eigenvalue weighted by atomic mass is 79.9. The molecule has 0 aromatic heterocycles. The third-order valence-corrected chi connectivity index (χ3v) is 4.24. The van der Waals surface area contributed by atoms with Crippen LogP contribution in [0.2, 0.25) is 5.02 Å². The highest BCUT2D eigenvalue weighted by Crippen LogP contribution is 2.30. The van der Waals surface area contributed by atoms with Crippen molar-refractivity contribution in [3.63, 3.8) is 0 Å². The first-order valence-corrected chi connectivity index (χ1v) is 6.76. The van der Waals surface area contributed by atoms with Gasteiger partial charge in [-0.2, -0.15) is 0 Å². The van der Waals surface area contributed by atoms with E-state index in [-0.39, 0.29) is 17.7 Å². The van der Waals surface area contributed by atoms with Crippen LogP contribution in [0.3, 0.4) is 0 Å². The van der Waals surface area contributed by atoms with Crippen LogP contribution in [0.25, 0.3) is 0 Å². The summed E-state index contributed by atoms with van der Waals surface area (Å²) in [6.07, 6.45) is 0.977. The zero-order chi connectivity index (χ0) is 13.1. The maximum Gasteiger partial charge on any atom is 0.229 e. The summed E-state index contributed by atoms with van der Waals surface area (Å²) in [6, 6.07) is 5.28. The van der Waals surface area contributed by atoms with Crippen LogP contribution in [0, 0.1) is 5.92 Å². The molecule has 0 bridgehead atoms. The van der Waals surface area contributed by atoms with E-state index < -0.39 is 0 Å². The molecule has 96 valence electrons. The quantitative estimate of drug-likeness (QED) is 0.875. The van der Waals surface area contributed by atoms with Crippen molar-refractivity contribution >= 4 is 45.0 Å². The highest BCUT2D eigenvalue weighted by molar-refractivity contribution is 9.10. The molecule has 1 unspecified atom stereocenters. The van der Waals surface area contributed by atoms with Gasteiger partial charge in [-0.15, -0.1) is 0 Å². The van der Waals surface area contributed by atoms with E-state index in [1.165, 1.54) is 0 Å². The summed E-state index contributed by atoms with van der Waals surface area (Å²) in [6.45, 7) is 0.392. The molecule has 2 N–H and O–H groups in total. The molecule has 1 atom stereocenters. The molecular weight excluding hydrogens is 320 g/mol. The summed E-state index contributed by atoms with van der Waals surface area (Å²) in [5.74, 6) is -0.283. The van der Waals surface area contributed by atoms with Gasteiger partial charge in [0.1, 0.15) is 0 Å². The number of hydrogen-bond donors (Lipinski definition) is 2. The lowest BCUT2D eigenvalue weighted by molar-refractivity contribution is -0.126. The van der Waals surface area contributed by atoms with E-state index in [1.54, 1.807) is 18.2 Å². The maximum atomic E-state index is 12.0. The Hall–Kier alpha value is -1.07. The molecule has 0 saturated carbocycles. The molecule has 2 rings (SSSR count). The standard InChI is InChI=1S/C12H12BrClN2O2/c13-11-8(14)2-1-3-9(11)16-12(18)7-4-5-10(17)15-6-7/h1-3,7H,4-6H2,(H,15,17)(H,16,18). The SMILES string of the molecule is O=C1CCC(C(=O)Nc2cccc(Cl)c2Br)CN1. The van der Waals surface area contributed by atoms with Gasteiger partial charge in [0.05, 0.1) is 21.1 Å². The van der Waals surface area contributed by atoms with Crippen molar-refractivity contribution in [1.29, 1.82) is 0 Å². The Morgan fingerprint density at radius 1 is 1.50 bits per heavy atom. The monoisotopic (exact) mass is 330 g/mol. The lowest BCUT2D eigenvalue weighted by Gasteiger charge is -2.21. The number of piperidine rings is 1. The van der Waals surface area contributed by atoms with Crippen LogP contribution >= 0.6 is 27.5 Å². The number of halogens is 2. The van der Waals surface area contributed by atoms with Crippen LogP contribution in [0.15, 0.2) is 22.7 Å². The zero-order valence-corrected chi connectivity index (χ0v) is 11.8. The van der Waals surface area contributed by atoms with Crippen molar-refractivity contribution < 1.29 is 9.59 Å². The van der Waals surface area contributed by atoms with Gasteiger partial charge < -0.3 is 10.6 Å². The van der Waals surface area contributed by atoms with Crippen molar-refractivity contribution in [3.8, 4) is 0 Å². The Morgan fingerprint density at radius 3 is 2.94 bits per heavy atom. The molecule has 2 amide bonds. The molecule has 1 fully saturated rings. The Kier molecular flexibility index (Phi) is 4.24. The van der Waals surface area contributed by atoms with Gasteiger partial charge in [0.15, 0.2) is 0 Å². The molecule has 1 aliphatic rings. The van der Waals surface area contributed by atoms with Crippen molar-refractivity contribution in [3.05, 3.63) is 27.7 Å². The molecule has 0 aliphatic carbocycles. The lowest BCUT2D eigenvalue weighted by Crippen LogP contribution is -2.40. The van der Waals surface area contributed by atoms with Crippen LogP contribution in [-0.4, -0.2) is 18.4 Å². The number of rotatable bonds is 2. The minimum absolute atomic E-state index is 0.00276. The molecule has 1 heterocycles. The van der Waals surface area contributed by atoms with Gasteiger partial charge in [-0.3, -0.25) is 9.59 Å². The van der Waals surface area contributed by atoms with Crippen molar-refractivity contribution in [1.82, 2.24) is 5.32 Å². The number of benzene rings is 1. The van der Waals surface area contributed by atoms with Crippen LogP contribution in [0.5, 0.6) is 0 Å². The van der Waals surface area contributed by atoms with E-state index in [1.807, 2.05) is 0 Å². The minimum Gasteiger partial charge on any atom is -0.355 e. The third-order valence-electron chi connectivity index (χ3n) is 2.85. The van der Waals surface area contributed by atoms with Crippen molar-refractivity contribution in [2.24, 2.45) is 5.92 Å². The van der Waals surface area contributed by atoms with Gasteiger partial charge in [0.2, 0.25) is 11.8 Å². The lowest BCUT2D eigenvalue weighted by atomic mass is 9.98. The fourth-order valence-electron chi connectivity index (χ4n) is 1.79. The molecular formula is C12H12BrClN2O2. The molecule has 4 nitrogen and oxygen atoms in total. The minimum atomic E-state index is -0.186. The number of anilines is 1. The molecule has 1 saturated heterocycles. The Morgan fingerprint density at radius 2 is 2.28 bits per heavy atom. The summed E-state index contributed by atoms with van der Waals surface area (Å²) in [5.41, 5.74) is 0.643. The van der Waals surface area contributed by atoms with Gasteiger partial charge >= 0.3 is 0 Å². The summed E-state index contributed by atoms with van der Waals surface area (Å²) in [7, 11) is 0. The molecule has 0 radical (unpaired) electrons. The van der Waals surface area contributed by atoms with Gasteiger partial charge in [0.25, 0.3) is 0 Å². The zero-order valence-electron chi connectivity index (χ0n) is 9.50. The molecule has 6 heteroatoms. The highest BCUT2D eigenvalue weighted by Gasteiger charge is 2.24. The third kappa shape index (κ3) is 3.03. The first kappa shape index (κ1) is 13.4. The molecule has 18 heavy (non-hydrogen) atoms. The molecule has 1 aromatic rings. The van der Waals surface area contributed by atoms with Crippen LogP contribution in [0.4, 0.5) is 5.69 Å². The van der Waals surface area contributed by atoms with Crippen molar-refractivity contribution in [2.75, 3.05) is 11.9 Å². The molecule has 1 aliphatic heterocycles. The van der Waals surface area contributed by atoms with Crippen LogP contribution < -0.4 is 10.6 Å². The number of carbonyl (C=O) groups is 2. The Labute approximate surface area is 118 Å². The van der Waals surface area contributed by atoms with Crippen LogP contribution in [-0.2, 0) is 9.59 Å². The second-order valence-corrected chi connectivity index (χ2v) is 5.33. The normalized spacial score (nSPS) is 19.2. The number of nitrogens with one attached hydrogen (secondary N) is 2. The average Bonchev–Trinajstić information content (AvgIpc) is 2.36. The summed E-state index contributed by atoms with van der Waals surface area (Å²) < 4.78 is 0.667. The fraction of sp³-hybridized carbons (Fsp3) is 0.333. The van der Waals surface area contributed by atoms with Crippen molar-refractivity contribution in [2.45, 2.75) is 12.8 Å². The van der Waals surface area contributed by atoms with Gasteiger partial charge in [-0.1, -0.05) is 17.7 Å². The van der Waals surface area contributed by atoms with E-state index in [0.717, 1.165) is 0 Å². The second kappa shape index (κ2) is 5.71. The van der Waals surface area contributed by atoms with E-state index in [9.17, 15) is 9.59 Å². The summed E-state index contributed by atoms with van der Waals surface area (Å²) in [4.78, 5) is 23.0. The topological polar surface area (TPSA) is 58.2 Å². The number of amides is 2. The first-order chi connectivity index (χ1) is 8.58. The number of hydrogen-bond acceptors (Lipinski definition) is 2. The Balaban J connectivity index is 2.03. The van der Waals surface area contributed by atoms with Gasteiger partial charge in [-0.05, 0) is 34.5 Å². The molecule has 1 aromatic carbocycles. The van der Waals surface area contributed by atoms with E-state index in [0.29, 0.717) is 34.6 Å². The van der Waals surface area contributed by atoms with E-state index >= 15 is 0 Å². The second-order valence-electron chi connectivity index (χ2n) is 4.13. The smallest absolute Gasteiger partial charge is 0.229 e. The maximum absolute atomic E-state index is 12.0. The summed E-state index contributed by atoms with van der Waals surface area (Å²) in [5, 5.41) is 6.05. The first-order valence-electron chi connectivity index (χ1n) is 5.59. The predicted octanol–water partition coefficient (Wildman–Crippen LogP) is 2.57. The van der Waals surface area contributed by atoms with Gasteiger partial charge in [-0.25, -0.2) is 0 Å². The largest absolute Gasteiger partial charge is 0.355 e. The predicted molar refractivity (Wildman–Crippen MR) is 73.5 cm³/mol.